The van der Waals surface area contributed by atoms with Gasteiger partial charge in [0, 0.05) is 22.7 Å². The number of carboxylic acid groups (broad SMARTS) is 1. The number of nitrogens with two attached hydrogens (primary N) is 1. The highest BCUT2D eigenvalue weighted by Gasteiger charge is 2.00. The quantitative estimate of drug-likeness (QED) is 0.682. The lowest BCUT2D eigenvalue weighted by atomic mass is 10.1. The number of carbonyl (C=O) groups excluding carboxylic acids is 1. The molecule has 0 unspecified atom stereocenters. The van der Waals surface area contributed by atoms with E-state index < -0.39 is 5.97 Å². The van der Waals surface area contributed by atoms with Crippen molar-refractivity contribution in [3.63, 3.8) is 0 Å². The summed E-state index contributed by atoms with van der Waals surface area (Å²) in [6, 6.07) is 7.57. The number of carboxylic acids is 1. The second kappa shape index (κ2) is 3.49. The summed E-state index contributed by atoms with van der Waals surface area (Å²) in [5, 5.41) is 11.4. The van der Waals surface area contributed by atoms with Gasteiger partial charge in [-0.25, -0.2) is 0 Å². The van der Waals surface area contributed by atoms with Crippen LogP contribution in [0.25, 0.3) is 17.0 Å². The molecule has 0 saturated carbocycles. The number of benzene rings is 1. The minimum atomic E-state index is -1.36. The maximum absolute atomic E-state index is 10.4. The first-order valence-corrected chi connectivity index (χ1v) is 4.43. The summed E-state index contributed by atoms with van der Waals surface area (Å²) in [6.45, 7) is 0. The van der Waals surface area contributed by atoms with E-state index in [1.807, 2.05) is 24.3 Å². The molecule has 0 spiro atoms. The third kappa shape index (κ3) is 1.69. The Labute approximate surface area is 86.0 Å². The van der Waals surface area contributed by atoms with E-state index in [9.17, 15) is 9.90 Å². The normalized spacial score (nSPS) is 11.9. The van der Waals surface area contributed by atoms with Crippen LogP contribution in [0, 0.1) is 0 Å². The van der Waals surface area contributed by atoms with E-state index >= 15 is 0 Å². The maximum Gasteiger partial charge on any atom is 0.0872 e. The fourth-order valence-corrected chi connectivity index (χ4v) is 1.44. The Hall–Kier alpha value is -2.23. The van der Waals surface area contributed by atoms with E-state index in [4.69, 9.17) is 5.73 Å². The van der Waals surface area contributed by atoms with Crippen LogP contribution in [0.4, 0.5) is 0 Å². The second-order valence-corrected chi connectivity index (χ2v) is 3.18. The Morgan fingerprint density at radius 1 is 1.40 bits per heavy atom. The first kappa shape index (κ1) is 9.33. The van der Waals surface area contributed by atoms with Gasteiger partial charge in [-0.3, -0.25) is 0 Å². The number of rotatable bonds is 2. The highest BCUT2D eigenvalue weighted by atomic mass is 16.4. The smallest absolute Gasteiger partial charge is 0.0872 e. The summed E-state index contributed by atoms with van der Waals surface area (Å²) in [5.41, 5.74) is 6.69. The number of aromatic nitrogens is 1. The molecule has 0 saturated heterocycles. The monoisotopic (exact) mass is 201 g/mol. The van der Waals surface area contributed by atoms with Gasteiger partial charge in [-0.15, -0.1) is 0 Å². The third-order valence-electron chi connectivity index (χ3n) is 2.17. The van der Waals surface area contributed by atoms with Crippen molar-refractivity contribution in [2.24, 2.45) is 5.73 Å². The first-order valence-electron chi connectivity index (χ1n) is 4.43. The van der Waals surface area contributed by atoms with Crippen molar-refractivity contribution < 1.29 is 9.90 Å². The first-order chi connectivity index (χ1) is 7.18. The maximum atomic E-state index is 10.4. The molecule has 1 aromatic carbocycles. The fourth-order valence-electron chi connectivity index (χ4n) is 1.44. The standard InChI is InChI=1S/C11H10N2O2/c12-9(11(14)15)5-7-6-13-10-4-2-1-3-8(7)10/h1-6,13H,12H2,(H,14,15)/p-1/b9-5-. The second-order valence-electron chi connectivity index (χ2n) is 3.18. The van der Waals surface area contributed by atoms with E-state index in [0.29, 0.717) is 0 Å². The molecule has 15 heavy (non-hydrogen) atoms. The molecule has 0 radical (unpaired) electrons. The number of hydrogen-bond donors (Lipinski definition) is 2. The largest absolute Gasteiger partial charge is 0.543 e. The summed E-state index contributed by atoms with van der Waals surface area (Å²) in [6.07, 6.45) is 3.09. The average Bonchev–Trinajstić information content (AvgIpc) is 2.62. The zero-order chi connectivity index (χ0) is 10.8. The summed E-state index contributed by atoms with van der Waals surface area (Å²) < 4.78 is 0. The van der Waals surface area contributed by atoms with Crippen LogP contribution in [0.3, 0.4) is 0 Å². The van der Waals surface area contributed by atoms with E-state index in [2.05, 4.69) is 4.98 Å². The van der Waals surface area contributed by atoms with Gasteiger partial charge in [-0.2, -0.15) is 0 Å². The molecule has 0 aliphatic carbocycles. The molecule has 1 aromatic heterocycles. The minimum Gasteiger partial charge on any atom is -0.543 e. The molecule has 0 atom stereocenters. The van der Waals surface area contributed by atoms with Crippen LogP contribution in [0.15, 0.2) is 36.2 Å². The van der Waals surface area contributed by atoms with Gasteiger partial charge >= 0.3 is 0 Å². The van der Waals surface area contributed by atoms with E-state index in [1.165, 1.54) is 6.08 Å². The number of nitrogens with one attached hydrogen (secondary N) is 1. The predicted octanol–water partition coefficient (Wildman–Crippen LogP) is 0.217. The number of aromatic amines is 1. The molecule has 1 heterocycles. The van der Waals surface area contributed by atoms with Crippen molar-refractivity contribution in [1.29, 1.82) is 0 Å². The molecule has 4 heteroatoms. The third-order valence-corrected chi connectivity index (χ3v) is 2.17. The van der Waals surface area contributed by atoms with Crippen molar-refractivity contribution >= 4 is 22.9 Å². The molecular formula is C11H9N2O2-. The van der Waals surface area contributed by atoms with Crippen molar-refractivity contribution in [3.05, 3.63) is 41.7 Å². The number of H-pyrrole nitrogens is 1. The van der Waals surface area contributed by atoms with Crippen LogP contribution in [0.2, 0.25) is 0 Å². The van der Waals surface area contributed by atoms with Crippen molar-refractivity contribution in [2.75, 3.05) is 0 Å². The minimum absolute atomic E-state index is 0.278. The molecule has 76 valence electrons. The molecule has 0 aliphatic rings. The van der Waals surface area contributed by atoms with Gasteiger partial charge in [0.25, 0.3) is 0 Å². The van der Waals surface area contributed by atoms with Gasteiger partial charge in [-0.05, 0) is 12.1 Å². The van der Waals surface area contributed by atoms with Crippen LogP contribution in [0.5, 0.6) is 0 Å². The zero-order valence-electron chi connectivity index (χ0n) is 7.86. The summed E-state index contributed by atoms with van der Waals surface area (Å²) in [4.78, 5) is 13.5. The molecule has 0 amide bonds. The van der Waals surface area contributed by atoms with Crippen LogP contribution < -0.4 is 10.8 Å². The van der Waals surface area contributed by atoms with E-state index in [-0.39, 0.29) is 5.70 Å². The number of carbonyl (C=O) groups is 1. The molecule has 0 bridgehead atoms. The van der Waals surface area contributed by atoms with Gasteiger partial charge < -0.3 is 20.6 Å². The van der Waals surface area contributed by atoms with Gasteiger partial charge in [-0.1, -0.05) is 18.2 Å². The highest BCUT2D eigenvalue weighted by molar-refractivity contribution is 5.95. The summed E-state index contributed by atoms with van der Waals surface area (Å²) in [7, 11) is 0. The lowest BCUT2D eigenvalue weighted by Crippen LogP contribution is -2.28. The Balaban J connectivity index is 2.54. The Morgan fingerprint density at radius 2 is 2.13 bits per heavy atom. The van der Waals surface area contributed by atoms with Crippen molar-refractivity contribution in [2.45, 2.75) is 0 Å². The Kier molecular flexibility index (Phi) is 2.17. The Morgan fingerprint density at radius 3 is 2.87 bits per heavy atom. The number of fused-ring (bicyclic) bond motifs is 1. The van der Waals surface area contributed by atoms with Crippen LogP contribution in [-0.2, 0) is 4.79 Å². The van der Waals surface area contributed by atoms with Gasteiger partial charge in [0.15, 0.2) is 0 Å². The molecule has 0 fully saturated rings. The fraction of sp³-hybridized carbons (Fsp3) is 0. The van der Waals surface area contributed by atoms with Crippen LogP contribution in [0.1, 0.15) is 5.56 Å². The van der Waals surface area contributed by atoms with Gasteiger partial charge in [0.1, 0.15) is 0 Å². The van der Waals surface area contributed by atoms with E-state index in [1.54, 1.807) is 6.20 Å². The molecular weight excluding hydrogens is 192 g/mol. The highest BCUT2D eigenvalue weighted by Crippen LogP contribution is 2.19. The number of hydrogen-bond acceptors (Lipinski definition) is 3. The average molecular weight is 201 g/mol. The molecule has 2 aromatic rings. The van der Waals surface area contributed by atoms with Crippen LogP contribution >= 0.6 is 0 Å². The Bertz CT molecular complexity index is 540. The topological polar surface area (TPSA) is 81.9 Å². The lowest BCUT2D eigenvalue weighted by Gasteiger charge is -2.00. The molecule has 2 rings (SSSR count). The number of para-hydroxylation sites is 1. The molecule has 3 N–H and O–H groups in total. The van der Waals surface area contributed by atoms with Gasteiger partial charge in [0.2, 0.25) is 0 Å². The predicted molar refractivity (Wildman–Crippen MR) is 55.5 cm³/mol. The summed E-state index contributed by atoms with van der Waals surface area (Å²) >= 11 is 0. The molecule has 4 nitrogen and oxygen atoms in total. The molecule has 0 aliphatic heterocycles. The van der Waals surface area contributed by atoms with Crippen molar-refractivity contribution in [1.82, 2.24) is 4.98 Å². The zero-order valence-corrected chi connectivity index (χ0v) is 7.86. The van der Waals surface area contributed by atoms with Crippen LogP contribution in [-0.4, -0.2) is 11.0 Å². The summed E-state index contributed by atoms with van der Waals surface area (Å²) in [5.74, 6) is -1.36. The SMILES string of the molecule is N/C(=C\c1c[nH]c2ccccc12)C(=O)[O-]. The van der Waals surface area contributed by atoms with Crippen molar-refractivity contribution in [3.8, 4) is 0 Å². The number of aliphatic carboxylic acids is 1. The lowest BCUT2D eigenvalue weighted by molar-refractivity contribution is -0.299. The van der Waals surface area contributed by atoms with E-state index in [0.717, 1.165) is 16.5 Å². The van der Waals surface area contributed by atoms with Gasteiger partial charge in [0.05, 0.1) is 11.7 Å².